The molecule has 1 aliphatic carbocycles. The SMILES string of the molecule is C#CCNC(=O)CN1CCCN(C(=O)C2(C#N)CCCCC2)CC1. The quantitative estimate of drug-likeness (QED) is 0.772. The molecule has 2 amide bonds. The largest absolute Gasteiger partial charge is 0.344 e. The summed E-state index contributed by atoms with van der Waals surface area (Å²) < 4.78 is 0. The second-order valence-electron chi connectivity index (χ2n) is 6.66. The zero-order valence-electron chi connectivity index (χ0n) is 14.2. The number of nitrogens with one attached hydrogen (secondary N) is 1. The summed E-state index contributed by atoms with van der Waals surface area (Å²) in [6.07, 6.45) is 10.3. The third-order valence-corrected chi connectivity index (χ3v) is 4.96. The molecule has 130 valence electrons. The number of hydrogen-bond acceptors (Lipinski definition) is 4. The first-order valence-corrected chi connectivity index (χ1v) is 8.74. The molecule has 1 heterocycles. The molecule has 2 rings (SSSR count). The molecule has 6 heteroatoms. The average molecular weight is 330 g/mol. The molecule has 24 heavy (non-hydrogen) atoms. The van der Waals surface area contributed by atoms with Crippen LogP contribution in [0, 0.1) is 29.1 Å². The van der Waals surface area contributed by atoms with E-state index in [2.05, 4.69) is 17.3 Å². The highest BCUT2D eigenvalue weighted by molar-refractivity contribution is 5.85. The van der Waals surface area contributed by atoms with Gasteiger partial charge in [-0.3, -0.25) is 14.5 Å². The van der Waals surface area contributed by atoms with Gasteiger partial charge in [-0.05, 0) is 19.3 Å². The van der Waals surface area contributed by atoms with Crippen molar-refractivity contribution < 1.29 is 9.59 Å². The van der Waals surface area contributed by atoms with Crippen LogP contribution in [0.3, 0.4) is 0 Å². The molecule has 1 saturated heterocycles. The molecule has 0 spiro atoms. The van der Waals surface area contributed by atoms with E-state index in [-0.39, 0.29) is 18.4 Å². The van der Waals surface area contributed by atoms with Crippen LogP contribution in [0.5, 0.6) is 0 Å². The molecule has 1 N–H and O–H groups in total. The van der Waals surface area contributed by atoms with Crippen LogP contribution in [-0.4, -0.2) is 60.9 Å². The van der Waals surface area contributed by atoms with Crippen molar-refractivity contribution >= 4 is 11.8 Å². The topological polar surface area (TPSA) is 76.4 Å². The van der Waals surface area contributed by atoms with E-state index in [9.17, 15) is 14.9 Å². The van der Waals surface area contributed by atoms with E-state index in [1.165, 1.54) is 0 Å². The number of carbonyl (C=O) groups excluding carboxylic acids is 2. The maximum absolute atomic E-state index is 12.9. The Morgan fingerprint density at radius 1 is 1.08 bits per heavy atom. The van der Waals surface area contributed by atoms with Gasteiger partial charge < -0.3 is 10.2 Å². The van der Waals surface area contributed by atoms with Crippen LogP contribution in [0.4, 0.5) is 0 Å². The van der Waals surface area contributed by atoms with Crippen molar-refractivity contribution in [3.8, 4) is 18.4 Å². The highest BCUT2D eigenvalue weighted by atomic mass is 16.2. The van der Waals surface area contributed by atoms with Crippen LogP contribution >= 0.6 is 0 Å². The molecule has 6 nitrogen and oxygen atoms in total. The van der Waals surface area contributed by atoms with E-state index in [0.717, 1.165) is 32.2 Å². The highest BCUT2D eigenvalue weighted by Crippen LogP contribution is 2.37. The second-order valence-corrected chi connectivity index (χ2v) is 6.66. The monoisotopic (exact) mass is 330 g/mol. The molecule has 2 fully saturated rings. The van der Waals surface area contributed by atoms with Crippen molar-refractivity contribution in [3.63, 3.8) is 0 Å². The highest BCUT2D eigenvalue weighted by Gasteiger charge is 2.42. The minimum Gasteiger partial charge on any atom is -0.344 e. The molecule has 0 unspecified atom stereocenters. The summed E-state index contributed by atoms with van der Waals surface area (Å²) in [6, 6.07) is 2.31. The lowest BCUT2D eigenvalue weighted by atomic mass is 9.74. The molecule has 0 aromatic rings. The van der Waals surface area contributed by atoms with Gasteiger partial charge in [0.15, 0.2) is 0 Å². The zero-order valence-corrected chi connectivity index (χ0v) is 14.2. The summed E-state index contributed by atoms with van der Waals surface area (Å²) in [5.41, 5.74) is -0.822. The Kier molecular flexibility index (Phi) is 6.63. The Morgan fingerprint density at radius 2 is 1.83 bits per heavy atom. The Morgan fingerprint density at radius 3 is 2.50 bits per heavy atom. The first-order valence-electron chi connectivity index (χ1n) is 8.74. The molecule has 2 aliphatic rings. The molecule has 0 bridgehead atoms. The summed E-state index contributed by atoms with van der Waals surface area (Å²) >= 11 is 0. The van der Waals surface area contributed by atoms with Crippen molar-refractivity contribution in [2.75, 3.05) is 39.3 Å². The summed E-state index contributed by atoms with van der Waals surface area (Å²) in [7, 11) is 0. The Labute approximate surface area is 144 Å². The van der Waals surface area contributed by atoms with Crippen LogP contribution in [0.2, 0.25) is 0 Å². The van der Waals surface area contributed by atoms with Crippen molar-refractivity contribution in [1.82, 2.24) is 15.1 Å². The summed E-state index contributed by atoms with van der Waals surface area (Å²) in [4.78, 5) is 28.6. The second kappa shape index (κ2) is 8.70. The Bertz CT molecular complexity index is 540. The Balaban J connectivity index is 1.90. The fourth-order valence-electron chi connectivity index (χ4n) is 3.57. The number of nitrogens with zero attached hydrogens (tertiary/aromatic N) is 3. The average Bonchev–Trinajstić information content (AvgIpc) is 2.85. The number of carbonyl (C=O) groups is 2. The zero-order chi connectivity index (χ0) is 17.4. The molecule has 0 radical (unpaired) electrons. The summed E-state index contributed by atoms with van der Waals surface area (Å²) in [5.74, 6) is 2.28. The molecular formula is C18H26N4O2. The van der Waals surface area contributed by atoms with Gasteiger partial charge >= 0.3 is 0 Å². The first kappa shape index (κ1) is 18.3. The maximum Gasteiger partial charge on any atom is 0.243 e. The maximum atomic E-state index is 12.9. The van der Waals surface area contributed by atoms with Gasteiger partial charge in [0.25, 0.3) is 0 Å². The predicted octanol–water partition coefficient (Wildman–Crippen LogP) is 0.744. The minimum atomic E-state index is -0.822. The third-order valence-electron chi connectivity index (χ3n) is 4.96. The smallest absolute Gasteiger partial charge is 0.243 e. The van der Waals surface area contributed by atoms with E-state index < -0.39 is 5.41 Å². The molecular weight excluding hydrogens is 304 g/mol. The van der Waals surface area contributed by atoms with Crippen molar-refractivity contribution in [1.29, 1.82) is 5.26 Å². The van der Waals surface area contributed by atoms with Gasteiger partial charge in [0, 0.05) is 26.2 Å². The number of nitriles is 1. The van der Waals surface area contributed by atoms with Crippen molar-refractivity contribution in [3.05, 3.63) is 0 Å². The van der Waals surface area contributed by atoms with E-state index in [1.54, 1.807) is 0 Å². The first-order chi connectivity index (χ1) is 11.6. The van der Waals surface area contributed by atoms with Crippen molar-refractivity contribution in [2.45, 2.75) is 38.5 Å². The molecule has 1 saturated carbocycles. The summed E-state index contributed by atoms with van der Waals surface area (Å²) in [6.45, 7) is 3.19. The van der Waals surface area contributed by atoms with Crippen LogP contribution in [0.25, 0.3) is 0 Å². The molecule has 0 atom stereocenters. The lowest BCUT2D eigenvalue weighted by Crippen LogP contribution is -2.46. The normalized spacial score (nSPS) is 21.2. The fourth-order valence-corrected chi connectivity index (χ4v) is 3.57. The lowest BCUT2D eigenvalue weighted by Gasteiger charge is -2.34. The summed E-state index contributed by atoms with van der Waals surface area (Å²) in [5, 5.41) is 12.2. The van der Waals surface area contributed by atoms with Gasteiger partial charge in [-0.25, -0.2) is 0 Å². The number of terminal acetylenes is 1. The van der Waals surface area contributed by atoms with E-state index in [1.807, 2.05) is 9.80 Å². The minimum absolute atomic E-state index is 0.0108. The molecule has 1 aliphatic heterocycles. The van der Waals surface area contributed by atoms with Crippen LogP contribution in [0.1, 0.15) is 38.5 Å². The third kappa shape index (κ3) is 4.49. The number of hydrogen-bond donors (Lipinski definition) is 1. The van der Waals surface area contributed by atoms with Gasteiger partial charge in [-0.1, -0.05) is 25.2 Å². The van der Waals surface area contributed by atoms with Crippen LogP contribution < -0.4 is 5.32 Å². The number of rotatable bonds is 4. The number of amides is 2. The van der Waals surface area contributed by atoms with Gasteiger partial charge in [0.05, 0.1) is 19.2 Å². The predicted molar refractivity (Wildman–Crippen MR) is 90.6 cm³/mol. The van der Waals surface area contributed by atoms with E-state index in [4.69, 9.17) is 6.42 Å². The van der Waals surface area contributed by atoms with Crippen LogP contribution in [-0.2, 0) is 9.59 Å². The Hall–Kier alpha value is -2.05. The van der Waals surface area contributed by atoms with Gasteiger partial charge in [0.1, 0.15) is 5.41 Å². The van der Waals surface area contributed by atoms with E-state index in [0.29, 0.717) is 39.0 Å². The molecule has 0 aromatic carbocycles. The van der Waals surface area contributed by atoms with Gasteiger partial charge in [-0.15, -0.1) is 6.42 Å². The van der Waals surface area contributed by atoms with Crippen molar-refractivity contribution in [2.24, 2.45) is 5.41 Å². The van der Waals surface area contributed by atoms with Crippen LogP contribution in [0.15, 0.2) is 0 Å². The van der Waals surface area contributed by atoms with Gasteiger partial charge in [0.2, 0.25) is 11.8 Å². The molecule has 0 aromatic heterocycles. The van der Waals surface area contributed by atoms with E-state index >= 15 is 0 Å². The standard InChI is InChI=1S/C18H26N4O2/c1-2-9-20-16(23)14-21-10-6-11-22(13-12-21)17(24)18(15-19)7-4-3-5-8-18/h1H,3-14H2,(H,20,23). The lowest BCUT2D eigenvalue weighted by molar-refractivity contribution is -0.140. The fraction of sp³-hybridized carbons (Fsp3) is 0.722. The van der Waals surface area contributed by atoms with Gasteiger partial charge in [-0.2, -0.15) is 5.26 Å².